The fourth-order valence-electron chi connectivity index (χ4n) is 2.99. The normalized spacial score (nSPS) is 28.6. The summed E-state index contributed by atoms with van der Waals surface area (Å²) in [6.07, 6.45) is 0.910. The van der Waals surface area contributed by atoms with Crippen molar-refractivity contribution in [2.45, 2.75) is 30.0 Å². The van der Waals surface area contributed by atoms with E-state index < -0.39 is 32.1 Å². The van der Waals surface area contributed by atoms with Crippen LogP contribution in [-0.4, -0.2) is 52.4 Å². The number of rotatable bonds is 2. The Labute approximate surface area is 124 Å². The average molecular weight is 331 g/mol. The minimum absolute atomic E-state index is 0.121. The molecule has 6 nitrogen and oxygen atoms in total. The topological polar surface area (TPSA) is 80.8 Å². The summed E-state index contributed by atoms with van der Waals surface area (Å²) < 4.78 is 52.7. The van der Waals surface area contributed by atoms with Gasteiger partial charge in [0.25, 0.3) is 10.1 Å². The molecule has 2 unspecified atom stereocenters. The lowest BCUT2D eigenvalue weighted by molar-refractivity contribution is 0.152. The number of nitrogens with zero attached hydrogens (tertiary/aromatic N) is 1. The molecule has 0 spiro atoms. The zero-order valence-corrected chi connectivity index (χ0v) is 13.2. The molecule has 0 aromatic heterocycles. The van der Waals surface area contributed by atoms with Gasteiger partial charge >= 0.3 is 0 Å². The minimum Gasteiger partial charge on any atom is -0.292 e. The van der Waals surface area contributed by atoms with E-state index in [9.17, 15) is 16.8 Å². The molecule has 8 heteroatoms. The third-order valence-corrected chi connectivity index (χ3v) is 6.32. The Morgan fingerprint density at radius 2 is 1.90 bits per heavy atom. The number of sulfone groups is 1. The molecule has 1 aromatic rings. The van der Waals surface area contributed by atoms with Crippen LogP contribution in [0.2, 0.25) is 0 Å². The van der Waals surface area contributed by atoms with Crippen molar-refractivity contribution in [3.63, 3.8) is 0 Å². The van der Waals surface area contributed by atoms with E-state index >= 15 is 0 Å². The Kier molecular flexibility index (Phi) is 3.59. The molecule has 1 aromatic carbocycles. The summed E-state index contributed by atoms with van der Waals surface area (Å²) in [7, 11) is -7.05. The first-order valence-electron chi connectivity index (χ1n) is 6.69. The summed E-state index contributed by atoms with van der Waals surface area (Å²) in [6, 6.07) is 6.40. The van der Waals surface area contributed by atoms with Gasteiger partial charge in [-0.2, -0.15) is 8.42 Å². The molecule has 0 saturated carbocycles. The molecular weight excluding hydrogens is 314 g/mol. The van der Waals surface area contributed by atoms with Crippen molar-refractivity contribution in [3.05, 3.63) is 29.8 Å². The highest BCUT2D eigenvalue weighted by Crippen LogP contribution is 2.29. The van der Waals surface area contributed by atoms with Crippen molar-refractivity contribution in [2.75, 3.05) is 18.6 Å². The lowest BCUT2D eigenvalue weighted by atomic mass is 10.2. The Hall–Kier alpha value is -0.960. The van der Waals surface area contributed by atoms with Gasteiger partial charge in [-0.1, -0.05) is 12.1 Å². The summed E-state index contributed by atoms with van der Waals surface area (Å²) in [6.45, 7) is 1.23. The summed E-state index contributed by atoms with van der Waals surface area (Å²) in [5, 5.41) is 0. The van der Waals surface area contributed by atoms with E-state index in [0.29, 0.717) is 19.5 Å². The molecule has 0 N–H and O–H groups in total. The van der Waals surface area contributed by atoms with Crippen LogP contribution in [0.15, 0.2) is 29.2 Å². The number of hydrogen-bond acceptors (Lipinski definition) is 6. The molecule has 1 saturated heterocycles. The van der Waals surface area contributed by atoms with Gasteiger partial charge in [0, 0.05) is 13.1 Å². The molecule has 3 aliphatic heterocycles. The number of hydrogen-bond donors (Lipinski definition) is 0. The maximum Gasteiger partial charge on any atom is 0.264 e. The van der Waals surface area contributed by atoms with E-state index in [2.05, 4.69) is 0 Å². The van der Waals surface area contributed by atoms with Crippen molar-refractivity contribution in [1.29, 1.82) is 0 Å². The fraction of sp³-hybridized carbons (Fsp3) is 0.538. The van der Waals surface area contributed by atoms with Gasteiger partial charge in [-0.3, -0.25) is 9.08 Å². The van der Waals surface area contributed by atoms with E-state index in [1.165, 1.54) is 0 Å². The first-order chi connectivity index (χ1) is 9.74. The zero-order valence-electron chi connectivity index (χ0n) is 11.6. The van der Waals surface area contributed by atoms with Crippen LogP contribution in [-0.2, 0) is 30.7 Å². The van der Waals surface area contributed by atoms with Crippen molar-refractivity contribution in [3.8, 4) is 0 Å². The highest BCUT2D eigenvalue weighted by atomic mass is 32.2. The highest BCUT2D eigenvalue weighted by molar-refractivity contribution is 7.91. The predicted octanol–water partition coefficient (Wildman–Crippen LogP) is 0.393. The highest BCUT2D eigenvalue weighted by Gasteiger charge is 2.40. The predicted molar refractivity (Wildman–Crippen MR) is 77.0 cm³/mol. The molecule has 3 heterocycles. The molecule has 0 amide bonds. The lowest BCUT2D eigenvalue weighted by Crippen LogP contribution is -2.41. The maximum atomic E-state index is 12.4. The van der Waals surface area contributed by atoms with E-state index in [1.54, 1.807) is 24.3 Å². The molecule has 2 atom stereocenters. The second-order valence-electron chi connectivity index (χ2n) is 5.59. The Balaban J connectivity index is 1.97. The molecule has 1 fully saturated rings. The summed E-state index contributed by atoms with van der Waals surface area (Å²) in [5.41, 5.74) is 1.01. The second-order valence-corrected chi connectivity index (χ2v) is 9.23. The van der Waals surface area contributed by atoms with E-state index in [-0.39, 0.29) is 10.6 Å². The molecule has 0 aliphatic carbocycles. The van der Waals surface area contributed by atoms with Crippen LogP contribution < -0.4 is 0 Å². The number of fused-ring (bicyclic) bond motifs is 3. The largest absolute Gasteiger partial charge is 0.292 e. The molecule has 3 aliphatic rings. The van der Waals surface area contributed by atoms with E-state index in [1.807, 2.05) is 4.90 Å². The van der Waals surface area contributed by atoms with Crippen molar-refractivity contribution >= 4 is 20.0 Å². The fourth-order valence-corrected chi connectivity index (χ4v) is 5.28. The molecule has 116 valence electrons. The molecule has 21 heavy (non-hydrogen) atoms. The van der Waals surface area contributed by atoms with Crippen molar-refractivity contribution in [2.24, 2.45) is 0 Å². The average Bonchev–Trinajstić information content (AvgIpc) is 2.73. The van der Waals surface area contributed by atoms with Crippen LogP contribution in [0.3, 0.4) is 0 Å². The quantitative estimate of drug-likeness (QED) is 0.730. The zero-order chi connectivity index (χ0) is 15.3. The standard InChI is InChI=1S/C13H17NO5S2/c1-20(15,16)19-13-6-7-14-8-10-2-4-11(5-3-10)21(17,18)9-12(13)14/h2-5,12-13H,6-9H2,1H3. The molecule has 4 rings (SSSR count). The van der Waals surface area contributed by atoms with Gasteiger partial charge in [-0.25, -0.2) is 8.42 Å². The van der Waals surface area contributed by atoms with Crippen LogP contribution in [0.1, 0.15) is 12.0 Å². The SMILES string of the molecule is CS(=O)(=O)OC1CCN2Cc3ccc(cc3)S(=O)(=O)CC12. The lowest BCUT2D eigenvalue weighted by Gasteiger charge is -2.26. The maximum absolute atomic E-state index is 12.4. The van der Waals surface area contributed by atoms with Gasteiger partial charge in [0.2, 0.25) is 0 Å². The van der Waals surface area contributed by atoms with Crippen LogP contribution in [0, 0.1) is 0 Å². The Morgan fingerprint density at radius 3 is 2.52 bits per heavy atom. The van der Waals surface area contributed by atoms with Crippen LogP contribution in [0.25, 0.3) is 0 Å². The monoisotopic (exact) mass is 331 g/mol. The van der Waals surface area contributed by atoms with Gasteiger partial charge in [0.15, 0.2) is 9.84 Å². The second kappa shape index (κ2) is 5.05. The molecule has 0 radical (unpaired) electrons. The first kappa shape index (κ1) is 15.0. The van der Waals surface area contributed by atoms with Crippen molar-refractivity contribution in [1.82, 2.24) is 4.90 Å². The van der Waals surface area contributed by atoms with Crippen LogP contribution in [0.5, 0.6) is 0 Å². The van der Waals surface area contributed by atoms with Crippen LogP contribution >= 0.6 is 0 Å². The summed E-state index contributed by atoms with van der Waals surface area (Å²) in [4.78, 5) is 2.27. The third kappa shape index (κ3) is 3.13. The number of benzene rings is 1. The summed E-state index contributed by atoms with van der Waals surface area (Å²) in [5.74, 6) is -0.121. The molecular formula is C13H17NO5S2. The van der Waals surface area contributed by atoms with Crippen molar-refractivity contribution < 1.29 is 21.0 Å². The van der Waals surface area contributed by atoms with E-state index in [4.69, 9.17) is 4.18 Å². The van der Waals surface area contributed by atoms with Gasteiger partial charge in [0.05, 0.1) is 29.0 Å². The van der Waals surface area contributed by atoms with Gasteiger partial charge in [-0.15, -0.1) is 0 Å². The van der Waals surface area contributed by atoms with Gasteiger partial charge in [0.1, 0.15) is 0 Å². The van der Waals surface area contributed by atoms with Gasteiger partial charge < -0.3 is 0 Å². The van der Waals surface area contributed by atoms with Crippen LogP contribution in [0.4, 0.5) is 0 Å². The summed E-state index contributed by atoms with van der Waals surface area (Å²) >= 11 is 0. The smallest absolute Gasteiger partial charge is 0.264 e. The van der Waals surface area contributed by atoms with E-state index in [0.717, 1.165) is 11.8 Å². The third-order valence-electron chi connectivity index (χ3n) is 3.96. The molecule has 2 bridgehead atoms. The first-order valence-corrected chi connectivity index (χ1v) is 10.2. The Morgan fingerprint density at radius 1 is 1.24 bits per heavy atom. The Bertz CT molecular complexity index is 739. The van der Waals surface area contributed by atoms with Gasteiger partial charge in [-0.05, 0) is 24.1 Å². The minimum atomic E-state index is -3.60.